The minimum atomic E-state index is -0.357. The molecule has 112 valence electrons. The van der Waals surface area contributed by atoms with Gasteiger partial charge in [-0.05, 0) is 25.5 Å². The molecule has 0 saturated heterocycles. The summed E-state index contributed by atoms with van der Waals surface area (Å²) in [6, 6.07) is 3.08. The summed E-state index contributed by atoms with van der Waals surface area (Å²) in [5, 5.41) is 12.7. The average molecular weight is 309 g/mol. The van der Waals surface area contributed by atoms with Crippen molar-refractivity contribution < 1.29 is 4.79 Å². The van der Waals surface area contributed by atoms with Crippen LogP contribution >= 0.6 is 11.6 Å². The van der Waals surface area contributed by atoms with E-state index in [2.05, 4.69) is 37.7 Å². The van der Waals surface area contributed by atoms with E-state index in [0.29, 0.717) is 16.7 Å². The maximum atomic E-state index is 12.2. The van der Waals surface area contributed by atoms with Gasteiger partial charge in [-0.1, -0.05) is 18.5 Å². The molecule has 0 aliphatic heterocycles. The summed E-state index contributed by atoms with van der Waals surface area (Å²) in [6.45, 7) is 4.63. The minimum absolute atomic E-state index is 0.184. The van der Waals surface area contributed by atoms with Gasteiger partial charge in [0.2, 0.25) is 0 Å². The number of carbonyl (C=O) groups excluding carboxylic acids is 1. The second kappa shape index (κ2) is 7.03. The molecule has 0 fully saturated rings. The van der Waals surface area contributed by atoms with E-state index in [1.807, 2.05) is 0 Å². The largest absolute Gasteiger partial charge is 0.370 e. The molecular weight excluding hydrogens is 292 g/mol. The molecule has 0 bridgehead atoms. The minimum Gasteiger partial charge on any atom is -0.370 e. The van der Waals surface area contributed by atoms with Crippen LogP contribution in [0.5, 0.6) is 0 Å². The molecule has 1 atom stereocenters. The third-order valence-corrected chi connectivity index (χ3v) is 3.11. The van der Waals surface area contributed by atoms with Gasteiger partial charge in [-0.25, -0.2) is 9.97 Å². The molecule has 0 aliphatic rings. The first-order chi connectivity index (χ1) is 10.1. The summed E-state index contributed by atoms with van der Waals surface area (Å²) < 4.78 is 0. The number of anilines is 1. The van der Waals surface area contributed by atoms with Gasteiger partial charge in [-0.3, -0.25) is 9.89 Å². The summed E-state index contributed by atoms with van der Waals surface area (Å²) in [5.41, 5.74) is 0.184. The molecule has 0 saturated carbocycles. The van der Waals surface area contributed by atoms with Crippen LogP contribution in [0.4, 0.5) is 5.82 Å². The third-order valence-electron chi connectivity index (χ3n) is 2.81. The molecular formula is C13H17ClN6O. The number of hydrogen-bond donors (Lipinski definition) is 3. The van der Waals surface area contributed by atoms with E-state index < -0.39 is 0 Å². The SMILES string of the molecule is CCCNc1ccc(Cl)c(C(=O)NC(C)c2ncn[nH]2)n1. The van der Waals surface area contributed by atoms with E-state index in [4.69, 9.17) is 11.6 Å². The molecule has 0 radical (unpaired) electrons. The first kappa shape index (κ1) is 15.2. The number of hydrogen-bond acceptors (Lipinski definition) is 5. The zero-order valence-corrected chi connectivity index (χ0v) is 12.6. The fourth-order valence-corrected chi connectivity index (χ4v) is 1.90. The number of pyridine rings is 1. The Kier molecular flexibility index (Phi) is 5.10. The van der Waals surface area contributed by atoms with Gasteiger partial charge in [0.05, 0.1) is 11.1 Å². The number of aromatic nitrogens is 4. The van der Waals surface area contributed by atoms with Crippen LogP contribution < -0.4 is 10.6 Å². The van der Waals surface area contributed by atoms with Crippen molar-refractivity contribution in [3.63, 3.8) is 0 Å². The van der Waals surface area contributed by atoms with Crippen LogP contribution in [0.15, 0.2) is 18.5 Å². The first-order valence-electron chi connectivity index (χ1n) is 6.68. The summed E-state index contributed by atoms with van der Waals surface area (Å²) >= 11 is 6.05. The van der Waals surface area contributed by atoms with Crippen molar-refractivity contribution in [2.24, 2.45) is 0 Å². The summed E-state index contributed by atoms with van der Waals surface area (Å²) in [7, 11) is 0. The highest BCUT2D eigenvalue weighted by atomic mass is 35.5. The number of halogens is 1. The fraction of sp³-hybridized carbons (Fsp3) is 0.385. The van der Waals surface area contributed by atoms with E-state index >= 15 is 0 Å². The van der Waals surface area contributed by atoms with Gasteiger partial charge in [0.25, 0.3) is 5.91 Å². The van der Waals surface area contributed by atoms with Crippen LogP contribution in [0.25, 0.3) is 0 Å². The molecule has 21 heavy (non-hydrogen) atoms. The Morgan fingerprint density at radius 3 is 2.95 bits per heavy atom. The smallest absolute Gasteiger partial charge is 0.272 e. The Hall–Kier alpha value is -2.15. The van der Waals surface area contributed by atoms with Gasteiger partial charge in [-0.2, -0.15) is 5.10 Å². The Balaban J connectivity index is 2.10. The molecule has 2 heterocycles. The van der Waals surface area contributed by atoms with Crippen molar-refractivity contribution >= 4 is 23.3 Å². The third kappa shape index (κ3) is 3.91. The molecule has 2 aromatic rings. The highest BCUT2D eigenvalue weighted by Gasteiger charge is 2.17. The first-order valence-corrected chi connectivity index (χ1v) is 7.06. The maximum Gasteiger partial charge on any atom is 0.272 e. The van der Waals surface area contributed by atoms with Gasteiger partial charge in [0, 0.05) is 6.54 Å². The molecule has 7 nitrogen and oxygen atoms in total. The van der Waals surface area contributed by atoms with Gasteiger partial charge in [0.1, 0.15) is 23.7 Å². The quantitative estimate of drug-likeness (QED) is 0.760. The van der Waals surface area contributed by atoms with Gasteiger partial charge >= 0.3 is 0 Å². The predicted octanol–water partition coefficient (Wildman–Crippen LogP) is 2.17. The Morgan fingerprint density at radius 1 is 1.48 bits per heavy atom. The number of nitrogens with one attached hydrogen (secondary N) is 3. The fourth-order valence-electron chi connectivity index (χ4n) is 1.71. The van der Waals surface area contributed by atoms with Gasteiger partial charge in [0.15, 0.2) is 0 Å². The predicted molar refractivity (Wildman–Crippen MR) is 80.3 cm³/mol. The zero-order valence-electron chi connectivity index (χ0n) is 11.9. The van der Waals surface area contributed by atoms with Gasteiger partial charge < -0.3 is 10.6 Å². The van der Waals surface area contributed by atoms with Crippen molar-refractivity contribution in [1.82, 2.24) is 25.5 Å². The number of H-pyrrole nitrogens is 1. The molecule has 1 unspecified atom stereocenters. The molecule has 2 rings (SSSR count). The molecule has 8 heteroatoms. The van der Waals surface area contributed by atoms with Crippen LogP contribution in [0.2, 0.25) is 5.02 Å². The van der Waals surface area contributed by atoms with Crippen molar-refractivity contribution in [1.29, 1.82) is 0 Å². The molecule has 0 aliphatic carbocycles. The molecule has 2 aromatic heterocycles. The lowest BCUT2D eigenvalue weighted by Gasteiger charge is -2.12. The second-order valence-corrected chi connectivity index (χ2v) is 4.93. The Bertz CT molecular complexity index is 601. The van der Waals surface area contributed by atoms with Crippen molar-refractivity contribution in [2.45, 2.75) is 26.3 Å². The topological polar surface area (TPSA) is 95.6 Å². The van der Waals surface area contributed by atoms with E-state index in [9.17, 15) is 4.79 Å². The lowest BCUT2D eigenvalue weighted by Crippen LogP contribution is -2.28. The second-order valence-electron chi connectivity index (χ2n) is 4.52. The van der Waals surface area contributed by atoms with Crippen LogP contribution in [-0.2, 0) is 0 Å². The van der Waals surface area contributed by atoms with Gasteiger partial charge in [-0.15, -0.1) is 0 Å². The number of carbonyl (C=O) groups is 1. The maximum absolute atomic E-state index is 12.2. The van der Waals surface area contributed by atoms with E-state index in [1.54, 1.807) is 19.1 Å². The normalized spacial score (nSPS) is 12.0. The van der Waals surface area contributed by atoms with Crippen LogP contribution in [0.3, 0.4) is 0 Å². The van der Waals surface area contributed by atoms with Crippen LogP contribution in [0.1, 0.15) is 42.6 Å². The van der Waals surface area contributed by atoms with Crippen LogP contribution in [0, 0.1) is 0 Å². The highest BCUT2D eigenvalue weighted by molar-refractivity contribution is 6.33. The average Bonchev–Trinajstić information content (AvgIpc) is 3.00. The lowest BCUT2D eigenvalue weighted by molar-refractivity contribution is 0.0933. The molecule has 3 N–H and O–H groups in total. The number of rotatable bonds is 6. The van der Waals surface area contributed by atoms with Crippen molar-refractivity contribution in [2.75, 3.05) is 11.9 Å². The van der Waals surface area contributed by atoms with E-state index in [-0.39, 0.29) is 17.6 Å². The monoisotopic (exact) mass is 308 g/mol. The molecule has 1 amide bonds. The Labute approximate surface area is 127 Å². The van der Waals surface area contributed by atoms with E-state index in [1.165, 1.54) is 6.33 Å². The number of nitrogens with zero attached hydrogens (tertiary/aromatic N) is 3. The summed E-state index contributed by atoms with van der Waals surface area (Å²) in [6.07, 6.45) is 2.35. The van der Waals surface area contributed by atoms with Crippen molar-refractivity contribution in [3.8, 4) is 0 Å². The molecule has 0 spiro atoms. The number of aromatic amines is 1. The number of amides is 1. The standard InChI is InChI=1S/C13H17ClN6O/c1-3-6-15-10-5-4-9(14)11(19-10)13(21)18-8(2)12-16-7-17-20-12/h4-5,7-8H,3,6H2,1-2H3,(H,15,19)(H,18,21)(H,16,17,20). The highest BCUT2D eigenvalue weighted by Crippen LogP contribution is 2.18. The summed E-state index contributed by atoms with van der Waals surface area (Å²) in [5.74, 6) is 0.836. The lowest BCUT2D eigenvalue weighted by atomic mass is 10.2. The van der Waals surface area contributed by atoms with Crippen molar-refractivity contribution in [3.05, 3.63) is 35.0 Å². The van der Waals surface area contributed by atoms with E-state index in [0.717, 1.165) is 13.0 Å². The summed E-state index contributed by atoms with van der Waals surface area (Å²) in [4.78, 5) is 20.5. The zero-order chi connectivity index (χ0) is 15.2. The Morgan fingerprint density at radius 2 is 2.29 bits per heavy atom. The van der Waals surface area contributed by atoms with Crippen LogP contribution in [-0.4, -0.2) is 32.6 Å². The molecule has 0 aromatic carbocycles.